The Labute approximate surface area is 186 Å². The van der Waals surface area contributed by atoms with E-state index in [9.17, 15) is 4.79 Å². The second kappa shape index (κ2) is 9.62. The van der Waals surface area contributed by atoms with Gasteiger partial charge in [0.15, 0.2) is 5.16 Å². The van der Waals surface area contributed by atoms with Gasteiger partial charge in [0.1, 0.15) is 6.33 Å². The molecular weight excluding hydrogens is 404 g/mol. The fraction of sp³-hybridized carbons (Fsp3) is 0.160. The zero-order valence-corrected chi connectivity index (χ0v) is 18.3. The number of aromatic nitrogens is 3. The van der Waals surface area contributed by atoms with Crippen molar-refractivity contribution in [3.05, 3.63) is 96.3 Å². The normalized spacial score (nSPS) is 11.8. The molecule has 0 spiro atoms. The molecule has 6 heteroatoms. The van der Waals surface area contributed by atoms with Crippen LogP contribution in [0.2, 0.25) is 0 Å². The quantitative estimate of drug-likeness (QED) is 0.411. The zero-order chi connectivity index (χ0) is 21.6. The molecule has 1 unspecified atom stereocenters. The van der Waals surface area contributed by atoms with Gasteiger partial charge in [-0.15, -0.1) is 10.2 Å². The predicted octanol–water partition coefficient (Wildman–Crippen LogP) is 5.21. The number of hydrogen-bond acceptors (Lipinski definition) is 4. The van der Waals surface area contributed by atoms with Crippen LogP contribution in [0.15, 0.2) is 90.3 Å². The fourth-order valence-corrected chi connectivity index (χ4v) is 4.04. The molecule has 1 N–H and O–H groups in total. The molecule has 1 amide bonds. The van der Waals surface area contributed by atoms with Crippen LogP contribution in [0.5, 0.6) is 0 Å². The Hall–Kier alpha value is -3.38. The van der Waals surface area contributed by atoms with Crippen LogP contribution in [0.4, 0.5) is 0 Å². The first-order valence-corrected chi connectivity index (χ1v) is 11.1. The van der Waals surface area contributed by atoms with Crippen molar-refractivity contribution in [2.75, 3.05) is 5.75 Å². The highest BCUT2D eigenvalue weighted by Gasteiger charge is 2.13. The van der Waals surface area contributed by atoms with E-state index >= 15 is 0 Å². The summed E-state index contributed by atoms with van der Waals surface area (Å²) in [7, 11) is 0. The summed E-state index contributed by atoms with van der Waals surface area (Å²) < 4.78 is 1.89. The highest BCUT2D eigenvalue weighted by molar-refractivity contribution is 7.99. The molecule has 0 aliphatic carbocycles. The van der Waals surface area contributed by atoms with Gasteiger partial charge in [0.05, 0.1) is 11.8 Å². The average Bonchev–Trinajstić information content (AvgIpc) is 3.27. The first-order valence-electron chi connectivity index (χ1n) is 10.1. The first kappa shape index (κ1) is 20.9. The maximum absolute atomic E-state index is 12.5. The third-order valence-corrected chi connectivity index (χ3v) is 6.00. The molecule has 4 aromatic rings. The molecule has 156 valence electrons. The maximum Gasteiger partial charge on any atom is 0.230 e. The van der Waals surface area contributed by atoms with Crippen LogP contribution in [-0.4, -0.2) is 26.4 Å². The topological polar surface area (TPSA) is 59.8 Å². The molecule has 0 radical (unpaired) electrons. The number of amides is 1. The van der Waals surface area contributed by atoms with E-state index in [1.807, 2.05) is 60.9 Å². The highest BCUT2D eigenvalue weighted by Crippen LogP contribution is 2.23. The molecule has 0 aliphatic rings. The van der Waals surface area contributed by atoms with Crippen molar-refractivity contribution >= 4 is 17.7 Å². The minimum atomic E-state index is -0.0760. The third-order valence-electron chi connectivity index (χ3n) is 5.06. The molecule has 1 heterocycles. The van der Waals surface area contributed by atoms with E-state index in [1.54, 1.807) is 6.33 Å². The number of benzene rings is 3. The Balaban J connectivity index is 1.34. The molecule has 0 aliphatic heterocycles. The van der Waals surface area contributed by atoms with Crippen molar-refractivity contribution in [3.8, 4) is 16.8 Å². The van der Waals surface area contributed by atoms with Gasteiger partial charge in [-0.05, 0) is 42.7 Å². The number of nitrogens with zero attached hydrogens (tertiary/aromatic N) is 3. The molecule has 1 aromatic heterocycles. The SMILES string of the molecule is Cc1ccc(-n2cnnc2SCC(=O)NC(C)c2ccc(-c3ccccc3)cc2)cc1. The summed E-state index contributed by atoms with van der Waals surface area (Å²) >= 11 is 1.38. The summed E-state index contributed by atoms with van der Waals surface area (Å²) in [5.74, 6) is 0.236. The largest absolute Gasteiger partial charge is 0.349 e. The van der Waals surface area contributed by atoms with E-state index in [-0.39, 0.29) is 17.7 Å². The van der Waals surface area contributed by atoms with E-state index in [1.165, 1.54) is 22.9 Å². The van der Waals surface area contributed by atoms with Crippen LogP contribution in [-0.2, 0) is 4.79 Å². The lowest BCUT2D eigenvalue weighted by atomic mass is 10.0. The highest BCUT2D eigenvalue weighted by atomic mass is 32.2. The van der Waals surface area contributed by atoms with Crippen LogP contribution in [0.3, 0.4) is 0 Å². The van der Waals surface area contributed by atoms with E-state index in [4.69, 9.17) is 0 Å². The second-order valence-corrected chi connectivity index (χ2v) is 8.33. The van der Waals surface area contributed by atoms with E-state index < -0.39 is 0 Å². The Morgan fingerprint density at radius 1 is 0.968 bits per heavy atom. The molecule has 5 nitrogen and oxygen atoms in total. The molecule has 0 saturated carbocycles. The molecule has 1 atom stereocenters. The molecule has 4 rings (SSSR count). The predicted molar refractivity (Wildman–Crippen MR) is 125 cm³/mol. The van der Waals surface area contributed by atoms with Crippen molar-refractivity contribution in [1.29, 1.82) is 0 Å². The van der Waals surface area contributed by atoms with Crippen molar-refractivity contribution in [1.82, 2.24) is 20.1 Å². The fourth-order valence-electron chi connectivity index (χ4n) is 3.30. The lowest BCUT2D eigenvalue weighted by molar-refractivity contribution is -0.119. The van der Waals surface area contributed by atoms with Gasteiger partial charge < -0.3 is 5.32 Å². The maximum atomic E-state index is 12.5. The minimum Gasteiger partial charge on any atom is -0.349 e. The summed E-state index contributed by atoms with van der Waals surface area (Å²) in [6.45, 7) is 4.04. The van der Waals surface area contributed by atoms with E-state index in [2.05, 4.69) is 51.9 Å². The van der Waals surface area contributed by atoms with Gasteiger partial charge in [-0.25, -0.2) is 0 Å². The van der Waals surface area contributed by atoms with Crippen molar-refractivity contribution < 1.29 is 4.79 Å². The van der Waals surface area contributed by atoms with Crippen LogP contribution < -0.4 is 5.32 Å². The number of carbonyl (C=O) groups excluding carboxylic acids is 1. The third kappa shape index (κ3) is 5.22. The molecule has 0 saturated heterocycles. The Morgan fingerprint density at radius 2 is 1.65 bits per heavy atom. The molecule has 3 aromatic carbocycles. The van der Waals surface area contributed by atoms with E-state index in [0.29, 0.717) is 5.16 Å². The lowest BCUT2D eigenvalue weighted by Crippen LogP contribution is -2.28. The summed E-state index contributed by atoms with van der Waals surface area (Å²) in [5, 5.41) is 11.9. The number of hydrogen-bond donors (Lipinski definition) is 1. The van der Waals surface area contributed by atoms with Gasteiger partial charge >= 0.3 is 0 Å². The summed E-state index contributed by atoms with van der Waals surface area (Å²) in [6, 6.07) is 26.6. The van der Waals surface area contributed by atoms with Crippen LogP contribution in [0.25, 0.3) is 16.8 Å². The monoisotopic (exact) mass is 428 g/mol. The average molecular weight is 429 g/mol. The Kier molecular flexibility index (Phi) is 6.48. The van der Waals surface area contributed by atoms with Crippen LogP contribution >= 0.6 is 11.8 Å². The van der Waals surface area contributed by atoms with Crippen molar-refractivity contribution in [2.24, 2.45) is 0 Å². The molecule has 0 fully saturated rings. The van der Waals surface area contributed by atoms with Crippen LogP contribution in [0.1, 0.15) is 24.1 Å². The van der Waals surface area contributed by atoms with Crippen LogP contribution in [0, 0.1) is 6.92 Å². The lowest BCUT2D eigenvalue weighted by Gasteiger charge is -2.15. The Bertz CT molecular complexity index is 1140. The minimum absolute atomic E-state index is 0.0388. The number of carbonyl (C=O) groups is 1. The number of rotatable bonds is 7. The van der Waals surface area contributed by atoms with Crippen molar-refractivity contribution in [2.45, 2.75) is 25.0 Å². The Morgan fingerprint density at radius 3 is 2.35 bits per heavy atom. The van der Waals surface area contributed by atoms with Gasteiger partial charge in [0.25, 0.3) is 0 Å². The molecule has 0 bridgehead atoms. The smallest absolute Gasteiger partial charge is 0.230 e. The molecular formula is C25H24N4OS. The first-order chi connectivity index (χ1) is 15.1. The summed E-state index contributed by atoms with van der Waals surface area (Å²) in [4.78, 5) is 12.5. The number of aryl methyl sites for hydroxylation is 1. The standard InChI is InChI=1S/C25H24N4OS/c1-18-8-14-23(15-9-18)29-17-26-28-25(29)31-16-24(30)27-19(2)20-10-12-22(13-11-20)21-6-4-3-5-7-21/h3-15,17,19H,16H2,1-2H3,(H,27,30). The second-order valence-electron chi connectivity index (χ2n) is 7.38. The molecule has 31 heavy (non-hydrogen) atoms. The van der Waals surface area contributed by atoms with Gasteiger partial charge in [-0.1, -0.05) is 84.1 Å². The zero-order valence-electron chi connectivity index (χ0n) is 17.5. The van der Waals surface area contributed by atoms with Crippen molar-refractivity contribution in [3.63, 3.8) is 0 Å². The van der Waals surface area contributed by atoms with Gasteiger partial charge in [0, 0.05) is 5.69 Å². The summed E-state index contributed by atoms with van der Waals surface area (Å²) in [6.07, 6.45) is 1.67. The number of nitrogens with one attached hydrogen (secondary N) is 1. The van der Waals surface area contributed by atoms with Gasteiger partial charge in [-0.3, -0.25) is 9.36 Å². The number of thioether (sulfide) groups is 1. The summed E-state index contributed by atoms with van der Waals surface area (Å²) in [5.41, 5.74) is 5.58. The van der Waals surface area contributed by atoms with Gasteiger partial charge in [-0.2, -0.15) is 0 Å². The van der Waals surface area contributed by atoms with Gasteiger partial charge in [0.2, 0.25) is 5.91 Å². The van der Waals surface area contributed by atoms with E-state index in [0.717, 1.165) is 16.8 Å².